The Hall–Kier alpha value is -1.32. The third-order valence-electron chi connectivity index (χ3n) is 2.39. The lowest BCUT2D eigenvalue weighted by Gasteiger charge is -2.06. The number of hydrogen-bond acceptors (Lipinski definition) is 3. The molecule has 5 heteroatoms. The molecule has 0 N–H and O–H groups in total. The molecule has 0 amide bonds. The molecule has 0 aliphatic rings. The number of esters is 1. The van der Waals surface area contributed by atoms with E-state index in [2.05, 4.69) is 4.98 Å². The number of aromatic nitrogens is 1. The second-order valence-electron chi connectivity index (χ2n) is 3.81. The highest BCUT2D eigenvalue weighted by Crippen LogP contribution is 2.25. The molecule has 0 radical (unpaired) electrons. The highest BCUT2D eigenvalue weighted by atomic mass is 35.5. The van der Waals surface area contributed by atoms with Crippen LogP contribution in [-0.4, -0.2) is 17.6 Å². The van der Waals surface area contributed by atoms with Crippen LogP contribution in [0.1, 0.15) is 23.7 Å². The number of ether oxygens (including phenoxy) is 1. The molecule has 0 unspecified atom stereocenters. The normalized spacial score (nSPS) is 10.6. The van der Waals surface area contributed by atoms with Gasteiger partial charge in [0, 0.05) is 11.6 Å². The van der Waals surface area contributed by atoms with Gasteiger partial charge in [0.2, 0.25) is 0 Å². The zero-order valence-electron chi connectivity index (χ0n) is 9.74. The maximum atomic E-state index is 11.8. The van der Waals surface area contributed by atoms with E-state index in [0.717, 1.165) is 11.8 Å². The molecule has 2 rings (SSSR count). The monoisotopic (exact) mass is 283 g/mol. The van der Waals surface area contributed by atoms with E-state index in [4.69, 9.17) is 27.9 Å². The minimum Gasteiger partial charge on any atom is -0.462 e. The number of rotatable bonds is 3. The van der Waals surface area contributed by atoms with Crippen LogP contribution in [0.2, 0.25) is 10.0 Å². The Morgan fingerprint density at radius 1 is 1.33 bits per heavy atom. The third kappa shape index (κ3) is 2.74. The molecule has 1 heterocycles. The molecule has 1 aromatic heterocycles. The first-order chi connectivity index (χ1) is 8.61. The molecule has 2 aromatic rings. The van der Waals surface area contributed by atoms with Crippen LogP contribution in [0, 0.1) is 0 Å². The topological polar surface area (TPSA) is 39.2 Å². The molecular weight excluding hydrogens is 273 g/mol. The summed E-state index contributed by atoms with van der Waals surface area (Å²) in [6, 6.07) is 5.01. The summed E-state index contributed by atoms with van der Waals surface area (Å²) in [5.74, 6) is -0.427. The Morgan fingerprint density at radius 3 is 2.83 bits per heavy atom. The molecule has 18 heavy (non-hydrogen) atoms. The Bertz CT molecular complexity index is 599. The fourth-order valence-electron chi connectivity index (χ4n) is 1.55. The van der Waals surface area contributed by atoms with Gasteiger partial charge in [-0.25, -0.2) is 4.79 Å². The zero-order chi connectivity index (χ0) is 13.1. The molecule has 0 bridgehead atoms. The van der Waals surface area contributed by atoms with Crippen molar-refractivity contribution in [3.8, 4) is 0 Å². The molecule has 0 aliphatic carbocycles. The summed E-state index contributed by atoms with van der Waals surface area (Å²) in [6.07, 6.45) is 2.31. The van der Waals surface area contributed by atoms with Crippen molar-refractivity contribution in [1.82, 2.24) is 4.98 Å². The highest BCUT2D eigenvalue weighted by Gasteiger charge is 2.13. The lowest BCUT2D eigenvalue weighted by Crippen LogP contribution is -2.06. The van der Waals surface area contributed by atoms with Crippen LogP contribution in [0.5, 0.6) is 0 Å². The number of carbonyl (C=O) groups excluding carboxylic acids is 1. The Balaban J connectivity index is 2.44. The van der Waals surface area contributed by atoms with E-state index >= 15 is 0 Å². The van der Waals surface area contributed by atoms with Crippen LogP contribution < -0.4 is 0 Å². The van der Waals surface area contributed by atoms with Gasteiger partial charge in [-0.1, -0.05) is 30.1 Å². The van der Waals surface area contributed by atoms with Gasteiger partial charge in [-0.2, -0.15) is 0 Å². The number of hydrogen-bond donors (Lipinski definition) is 0. The maximum Gasteiger partial charge on any atom is 0.339 e. The molecule has 0 saturated carbocycles. The van der Waals surface area contributed by atoms with Crippen LogP contribution >= 0.6 is 23.2 Å². The molecular formula is C13H11Cl2NO2. The first-order valence-corrected chi connectivity index (χ1v) is 6.29. The first kappa shape index (κ1) is 13.1. The average Bonchev–Trinajstić information content (AvgIpc) is 2.35. The van der Waals surface area contributed by atoms with Crippen molar-refractivity contribution in [2.75, 3.05) is 6.61 Å². The fourth-order valence-corrected chi connectivity index (χ4v) is 1.95. The van der Waals surface area contributed by atoms with Crippen LogP contribution in [0.4, 0.5) is 0 Å². The summed E-state index contributed by atoms with van der Waals surface area (Å²) < 4.78 is 5.06. The number of fused-ring (bicyclic) bond motifs is 1. The minimum absolute atomic E-state index is 0.332. The van der Waals surface area contributed by atoms with Gasteiger partial charge in [0.15, 0.2) is 0 Å². The van der Waals surface area contributed by atoms with E-state index in [1.807, 2.05) is 6.92 Å². The maximum absolute atomic E-state index is 11.8. The predicted octanol–water partition coefficient (Wildman–Crippen LogP) is 4.11. The second kappa shape index (κ2) is 5.55. The highest BCUT2D eigenvalue weighted by molar-refractivity contribution is 6.34. The molecule has 94 valence electrons. The molecule has 3 nitrogen and oxygen atoms in total. The van der Waals surface area contributed by atoms with Gasteiger partial charge in [-0.3, -0.25) is 4.98 Å². The SMILES string of the molecule is CCCOC(=O)c1cc2cc(Cl)cnc2cc1Cl. The Kier molecular flexibility index (Phi) is 4.04. The van der Waals surface area contributed by atoms with E-state index in [9.17, 15) is 4.79 Å². The summed E-state index contributed by atoms with van der Waals surface area (Å²) >= 11 is 11.9. The summed E-state index contributed by atoms with van der Waals surface area (Å²) in [5.41, 5.74) is 1.03. The molecule has 0 spiro atoms. The van der Waals surface area contributed by atoms with Crippen molar-refractivity contribution < 1.29 is 9.53 Å². The molecule has 1 aromatic carbocycles. The minimum atomic E-state index is -0.427. The van der Waals surface area contributed by atoms with E-state index in [1.54, 1.807) is 18.2 Å². The molecule has 0 saturated heterocycles. The predicted molar refractivity (Wildman–Crippen MR) is 72.3 cm³/mol. The quantitative estimate of drug-likeness (QED) is 0.796. The van der Waals surface area contributed by atoms with Crippen molar-refractivity contribution in [1.29, 1.82) is 0 Å². The van der Waals surface area contributed by atoms with Crippen molar-refractivity contribution in [2.45, 2.75) is 13.3 Å². The first-order valence-electron chi connectivity index (χ1n) is 5.53. The lowest BCUT2D eigenvalue weighted by atomic mass is 10.1. The number of carbonyl (C=O) groups is 1. The summed E-state index contributed by atoms with van der Waals surface area (Å²) in [5, 5.41) is 1.60. The van der Waals surface area contributed by atoms with Crippen LogP contribution in [0.25, 0.3) is 10.9 Å². The van der Waals surface area contributed by atoms with Crippen LogP contribution in [0.15, 0.2) is 24.4 Å². The number of nitrogens with zero attached hydrogens (tertiary/aromatic N) is 1. The lowest BCUT2D eigenvalue weighted by molar-refractivity contribution is 0.0505. The molecule has 0 fully saturated rings. The van der Waals surface area contributed by atoms with Crippen molar-refractivity contribution in [3.05, 3.63) is 40.0 Å². The Morgan fingerprint density at radius 2 is 2.11 bits per heavy atom. The smallest absolute Gasteiger partial charge is 0.339 e. The number of halogens is 2. The third-order valence-corrected chi connectivity index (χ3v) is 2.91. The van der Waals surface area contributed by atoms with Crippen molar-refractivity contribution in [2.24, 2.45) is 0 Å². The number of pyridine rings is 1. The van der Waals surface area contributed by atoms with Gasteiger partial charge < -0.3 is 4.74 Å². The van der Waals surface area contributed by atoms with E-state index in [-0.39, 0.29) is 0 Å². The average molecular weight is 284 g/mol. The van der Waals surface area contributed by atoms with Gasteiger partial charge in [0.05, 0.1) is 27.7 Å². The van der Waals surface area contributed by atoms with Gasteiger partial charge in [-0.05, 0) is 24.6 Å². The van der Waals surface area contributed by atoms with Gasteiger partial charge in [0.1, 0.15) is 0 Å². The van der Waals surface area contributed by atoms with Crippen molar-refractivity contribution in [3.63, 3.8) is 0 Å². The fraction of sp³-hybridized carbons (Fsp3) is 0.231. The van der Waals surface area contributed by atoms with Gasteiger partial charge in [-0.15, -0.1) is 0 Å². The van der Waals surface area contributed by atoms with Crippen LogP contribution in [-0.2, 0) is 4.74 Å². The van der Waals surface area contributed by atoms with Gasteiger partial charge in [0.25, 0.3) is 0 Å². The molecule has 0 atom stereocenters. The summed E-state index contributed by atoms with van der Waals surface area (Å²) in [7, 11) is 0. The Labute approximate surface area is 115 Å². The van der Waals surface area contributed by atoms with E-state index in [1.165, 1.54) is 6.20 Å². The second-order valence-corrected chi connectivity index (χ2v) is 4.66. The standard InChI is InChI=1S/C13H11Cl2NO2/c1-2-3-18-13(17)10-5-8-4-9(14)7-16-12(8)6-11(10)15/h4-7H,2-3H2,1H3. The molecule has 0 aliphatic heterocycles. The van der Waals surface area contributed by atoms with E-state index < -0.39 is 5.97 Å². The number of benzene rings is 1. The summed E-state index contributed by atoms with van der Waals surface area (Å²) in [4.78, 5) is 15.9. The largest absolute Gasteiger partial charge is 0.462 e. The summed E-state index contributed by atoms with van der Waals surface area (Å²) in [6.45, 7) is 2.31. The zero-order valence-corrected chi connectivity index (χ0v) is 11.3. The van der Waals surface area contributed by atoms with Crippen molar-refractivity contribution >= 4 is 40.1 Å². The van der Waals surface area contributed by atoms with Crippen LogP contribution in [0.3, 0.4) is 0 Å². The van der Waals surface area contributed by atoms with Gasteiger partial charge >= 0.3 is 5.97 Å². The van der Waals surface area contributed by atoms with E-state index in [0.29, 0.717) is 27.7 Å².